The van der Waals surface area contributed by atoms with Crippen molar-refractivity contribution in [1.82, 2.24) is 0 Å². The van der Waals surface area contributed by atoms with Crippen molar-refractivity contribution in [1.29, 1.82) is 0 Å². The van der Waals surface area contributed by atoms with Crippen LogP contribution in [0.2, 0.25) is 5.02 Å². The van der Waals surface area contributed by atoms with Gasteiger partial charge in [-0.15, -0.1) is 0 Å². The number of benzene rings is 2. The fourth-order valence-corrected chi connectivity index (χ4v) is 2.73. The smallest absolute Gasteiger partial charge is 0.123 e. The number of anilines is 2. The molecule has 0 amide bonds. The number of halogens is 2. The molecule has 2 aromatic rings. The minimum Gasteiger partial charge on any atom is -0.377 e. The molecule has 21 heavy (non-hydrogen) atoms. The Bertz CT molecular complexity index is 596. The molecule has 0 saturated heterocycles. The standard InChI is InChI=1S/C17H20ClFN2/c1-4-15(12-8-10-13(19)11-9-12)20-16-7-5-6-14(18)17(16)21(2)3/h5-11,15,20H,4H2,1-3H3. The van der Waals surface area contributed by atoms with E-state index in [4.69, 9.17) is 11.6 Å². The first-order valence-corrected chi connectivity index (χ1v) is 7.38. The van der Waals surface area contributed by atoms with E-state index in [1.54, 1.807) is 0 Å². The second kappa shape index (κ2) is 6.81. The maximum absolute atomic E-state index is 13.1. The number of para-hydroxylation sites is 1. The number of nitrogens with one attached hydrogen (secondary N) is 1. The lowest BCUT2D eigenvalue weighted by Gasteiger charge is -2.24. The van der Waals surface area contributed by atoms with Gasteiger partial charge in [-0.05, 0) is 36.2 Å². The quantitative estimate of drug-likeness (QED) is 0.826. The first-order chi connectivity index (χ1) is 10.0. The zero-order valence-electron chi connectivity index (χ0n) is 12.5. The van der Waals surface area contributed by atoms with Gasteiger partial charge < -0.3 is 10.2 Å². The van der Waals surface area contributed by atoms with E-state index in [9.17, 15) is 4.39 Å². The van der Waals surface area contributed by atoms with Crippen molar-refractivity contribution in [2.24, 2.45) is 0 Å². The number of rotatable bonds is 5. The van der Waals surface area contributed by atoms with Crippen LogP contribution in [0.15, 0.2) is 42.5 Å². The third-order valence-electron chi connectivity index (χ3n) is 3.44. The van der Waals surface area contributed by atoms with Crippen molar-refractivity contribution in [2.75, 3.05) is 24.3 Å². The summed E-state index contributed by atoms with van der Waals surface area (Å²) in [6.45, 7) is 2.10. The molecule has 0 aliphatic rings. The van der Waals surface area contributed by atoms with Crippen LogP contribution in [-0.2, 0) is 0 Å². The monoisotopic (exact) mass is 306 g/mol. The molecule has 1 N–H and O–H groups in total. The second-order valence-corrected chi connectivity index (χ2v) is 5.59. The molecule has 0 radical (unpaired) electrons. The summed E-state index contributed by atoms with van der Waals surface area (Å²) in [4.78, 5) is 1.99. The topological polar surface area (TPSA) is 15.3 Å². The largest absolute Gasteiger partial charge is 0.377 e. The van der Waals surface area contributed by atoms with Gasteiger partial charge in [-0.2, -0.15) is 0 Å². The van der Waals surface area contributed by atoms with Crippen LogP contribution in [0.1, 0.15) is 24.9 Å². The minimum absolute atomic E-state index is 0.114. The molecule has 112 valence electrons. The molecular weight excluding hydrogens is 287 g/mol. The van der Waals surface area contributed by atoms with Gasteiger partial charge in [-0.1, -0.05) is 36.7 Å². The Morgan fingerprint density at radius 3 is 2.38 bits per heavy atom. The number of hydrogen-bond donors (Lipinski definition) is 1. The Morgan fingerprint density at radius 1 is 1.14 bits per heavy atom. The van der Waals surface area contributed by atoms with Crippen molar-refractivity contribution in [3.05, 3.63) is 58.9 Å². The van der Waals surface area contributed by atoms with Gasteiger partial charge in [-0.25, -0.2) is 4.39 Å². The summed E-state index contributed by atoms with van der Waals surface area (Å²) in [5.74, 6) is -0.217. The third-order valence-corrected chi connectivity index (χ3v) is 3.75. The predicted octanol–water partition coefficient (Wildman–Crippen LogP) is 5.11. The molecule has 0 spiro atoms. The molecule has 4 heteroatoms. The molecule has 2 aromatic carbocycles. The van der Waals surface area contributed by atoms with Crippen LogP contribution in [0.25, 0.3) is 0 Å². The molecule has 0 aliphatic heterocycles. The average molecular weight is 307 g/mol. The van der Waals surface area contributed by atoms with Crippen LogP contribution in [0.3, 0.4) is 0 Å². The van der Waals surface area contributed by atoms with E-state index in [2.05, 4.69) is 12.2 Å². The molecule has 1 atom stereocenters. The minimum atomic E-state index is -0.217. The Hall–Kier alpha value is -1.74. The summed E-state index contributed by atoms with van der Waals surface area (Å²) in [5, 5.41) is 4.21. The maximum atomic E-state index is 13.1. The van der Waals surface area contributed by atoms with Crippen LogP contribution in [0, 0.1) is 5.82 Å². The van der Waals surface area contributed by atoms with Gasteiger partial charge >= 0.3 is 0 Å². The summed E-state index contributed by atoms with van der Waals surface area (Å²) in [7, 11) is 3.93. The lowest BCUT2D eigenvalue weighted by molar-refractivity contribution is 0.625. The summed E-state index contributed by atoms with van der Waals surface area (Å²) in [6.07, 6.45) is 0.894. The summed E-state index contributed by atoms with van der Waals surface area (Å²) < 4.78 is 13.1. The zero-order valence-corrected chi connectivity index (χ0v) is 13.3. The molecule has 0 bridgehead atoms. The molecule has 2 nitrogen and oxygen atoms in total. The maximum Gasteiger partial charge on any atom is 0.123 e. The van der Waals surface area contributed by atoms with Gasteiger partial charge in [0.25, 0.3) is 0 Å². The first kappa shape index (κ1) is 15.6. The van der Waals surface area contributed by atoms with Crippen LogP contribution >= 0.6 is 11.6 Å². The molecule has 0 heterocycles. The van der Waals surface area contributed by atoms with Crippen molar-refractivity contribution < 1.29 is 4.39 Å². The van der Waals surface area contributed by atoms with Crippen LogP contribution in [0.4, 0.5) is 15.8 Å². The molecule has 1 unspecified atom stereocenters. The van der Waals surface area contributed by atoms with Gasteiger partial charge in [-0.3, -0.25) is 0 Å². The SMILES string of the molecule is CCC(Nc1cccc(Cl)c1N(C)C)c1ccc(F)cc1. The lowest BCUT2D eigenvalue weighted by atomic mass is 10.0. The highest BCUT2D eigenvalue weighted by Gasteiger charge is 2.14. The third kappa shape index (κ3) is 3.67. The highest BCUT2D eigenvalue weighted by molar-refractivity contribution is 6.34. The van der Waals surface area contributed by atoms with Gasteiger partial charge in [0.1, 0.15) is 5.82 Å². The number of hydrogen-bond acceptors (Lipinski definition) is 2. The van der Waals surface area contributed by atoms with E-state index in [1.165, 1.54) is 12.1 Å². The van der Waals surface area contributed by atoms with Crippen LogP contribution < -0.4 is 10.2 Å². The highest BCUT2D eigenvalue weighted by atomic mass is 35.5. The number of nitrogens with zero attached hydrogens (tertiary/aromatic N) is 1. The van der Waals surface area contributed by atoms with Gasteiger partial charge in [0.05, 0.1) is 22.4 Å². The van der Waals surface area contributed by atoms with E-state index in [1.807, 2.05) is 49.3 Å². The Labute approximate surface area is 130 Å². The second-order valence-electron chi connectivity index (χ2n) is 5.19. The van der Waals surface area contributed by atoms with Crippen molar-refractivity contribution >= 4 is 23.0 Å². The van der Waals surface area contributed by atoms with Gasteiger partial charge in [0.15, 0.2) is 0 Å². The molecule has 0 fully saturated rings. The van der Waals surface area contributed by atoms with E-state index >= 15 is 0 Å². The summed E-state index contributed by atoms with van der Waals surface area (Å²) in [5.41, 5.74) is 2.99. The van der Waals surface area contributed by atoms with E-state index in [-0.39, 0.29) is 11.9 Å². The average Bonchev–Trinajstić information content (AvgIpc) is 2.45. The highest BCUT2D eigenvalue weighted by Crippen LogP contribution is 2.35. The lowest BCUT2D eigenvalue weighted by Crippen LogP contribution is -2.15. The molecule has 0 aromatic heterocycles. The summed E-state index contributed by atoms with van der Waals surface area (Å²) >= 11 is 6.29. The van der Waals surface area contributed by atoms with Crippen LogP contribution in [0.5, 0.6) is 0 Å². The molecule has 2 rings (SSSR count). The zero-order chi connectivity index (χ0) is 15.4. The Morgan fingerprint density at radius 2 is 1.81 bits per heavy atom. The normalized spacial score (nSPS) is 12.0. The van der Waals surface area contributed by atoms with E-state index in [0.717, 1.165) is 23.4 Å². The van der Waals surface area contributed by atoms with E-state index in [0.29, 0.717) is 5.02 Å². The molecule has 0 aliphatic carbocycles. The van der Waals surface area contributed by atoms with Crippen molar-refractivity contribution in [3.63, 3.8) is 0 Å². The summed E-state index contributed by atoms with van der Waals surface area (Å²) in [6, 6.07) is 12.5. The van der Waals surface area contributed by atoms with Crippen molar-refractivity contribution in [3.8, 4) is 0 Å². The van der Waals surface area contributed by atoms with Gasteiger partial charge in [0.2, 0.25) is 0 Å². The Kier molecular flexibility index (Phi) is 5.07. The molecule has 0 saturated carbocycles. The van der Waals surface area contributed by atoms with Crippen LogP contribution in [-0.4, -0.2) is 14.1 Å². The van der Waals surface area contributed by atoms with Gasteiger partial charge in [0, 0.05) is 14.1 Å². The van der Waals surface area contributed by atoms with Crippen molar-refractivity contribution in [2.45, 2.75) is 19.4 Å². The fourth-order valence-electron chi connectivity index (χ4n) is 2.39. The Balaban J connectivity index is 2.31. The molecular formula is C17H20ClFN2. The first-order valence-electron chi connectivity index (χ1n) is 7.00. The predicted molar refractivity (Wildman–Crippen MR) is 88.8 cm³/mol. The fraction of sp³-hybridized carbons (Fsp3) is 0.294. The van der Waals surface area contributed by atoms with E-state index < -0.39 is 0 Å².